The molecule has 0 atom stereocenters. The van der Waals surface area contributed by atoms with E-state index in [1.807, 2.05) is 48.5 Å². The summed E-state index contributed by atoms with van der Waals surface area (Å²) in [5.74, 6) is -0.236. The minimum Gasteiger partial charge on any atom is -0.268 e. The number of halogens is 1. The smallest absolute Gasteiger partial charge is 0.268 e. The number of thioether (sulfide) groups is 1. The first kappa shape index (κ1) is 17.0. The van der Waals surface area contributed by atoms with Crippen molar-refractivity contribution < 1.29 is 9.59 Å². The van der Waals surface area contributed by atoms with E-state index in [-0.39, 0.29) is 17.7 Å². The monoisotopic (exact) mass is 401 g/mol. The van der Waals surface area contributed by atoms with Crippen LogP contribution in [0.15, 0.2) is 57.9 Å². The van der Waals surface area contributed by atoms with Crippen LogP contribution in [-0.4, -0.2) is 16.0 Å². The maximum atomic E-state index is 12.6. The molecule has 3 nitrogen and oxygen atoms in total. The molecule has 122 valence electrons. The Balaban J connectivity index is 1.80. The van der Waals surface area contributed by atoms with Crippen LogP contribution >= 0.6 is 27.7 Å². The Kier molecular flexibility index (Phi) is 5.21. The minimum absolute atomic E-state index is 0.229. The van der Waals surface area contributed by atoms with Crippen molar-refractivity contribution in [3.63, 3.8) is 0 Å². The van der Waals surface area contributed by atoms with E-state index in [2.05, 4.69) is 22.9 Å². The van der Waals surface area contributed by atoms with Gasteiger partial charge in [0, 0.05) is 4.47 Å². The van der Waals surface area contributed by atoms with Gasteiger partial charge in [-0.1, -0.05) is 65.3 Å². The van der Waals surface area contributed by atoms with Crippen LogP contribution in [0.1, 0.15) is 23.6 Å². The Hall–Kier alpha value is -1.85. The predicted molar refractivity (Wildman–Crippen MR) is 101 cm³/mol. The fourth-order valence-corrected chi connectivity index (χ4v) is 3.68. The van der Waals surface area contributed by atoms with Crippen LogP contribution in [0.5, 0.6) is 0 Å². The molecule has 0 aromatic heterocycles. The van der Waals surface area contributed by atoms with E-state index in [4.69, 9.17) is 0 Å². The molecular weight excluding hydrogens is 386 g/mol. The SMILES string of the molecule is CCc1ccc(/C=C2\SC(=O)N(Cc3ccccc3Br)C2=O)cc1. The topological polar surface area (TPSA) is 37.4 Å². The van der Waals surface area contributed by atoms with E-state index in [0.717, 1.165) is 33.8 Å². The van der Waals surface area contributed by atoms with E-state index >= 15 is 0 Å². The predicted octanol–water partition coefficient (Wildman–Crippen LogP) is 5.25. The third-order valence-electron chi connectivity index (χ3n) is 3.85. The Labute approximate surface area is 153 Å². The van der Waals surface area contributed by atoms with Crippen molar-refractivity contribution in [1.29, 1.82) is 0 Å². The number of hydrogen-bond donors (Lipinski definition) is 0. The molecule has 0 aliphatic carbocycles. The first-order chi connectivity index (χ1) is 11.6. The number of aryl methyl sites for hydroxylation is 1. The third-order valence-corrected chi connectivity index (χ3v) is 5.53. The van der Waals surface area contributed by atoms with Gasteiger partial charge in [-0.15, -0.1) is 0 Å². The fourth-order valence-electron chi connectivity index (χ4n) is 2.43. The standard InChI is InChI=1S/C19H16BrNO2S/c1-2-13-7-9-14(10-8-13)11-17-18(22)21(19(23)24-17)12-15-5-3-4-6-16(15)20/h3-11H,2,12H2,1H3/b17-11-. The zero-order chi connectivity index (χ0) is 17.1. The summed E-state index contributed by atoms with van der Waals surface area (Å²) in [4.78, 5) is 26.5. The normalized spacial score (nSPS) is 16.2. The summed E-state index contributed by atoms with van der Waals surface area (Å²) in [6, 6.07) is 15.6. The average Bonchev–Trinajstić information content (AvgIpc) is 2.85. The van der Waals surface area contributed by atoms with Crippen LogP contribution < -0.4 is 0 Å². The van der Waals surface area contributed by atoms with Crippen LogP contribution in [0.2, 0.25) is 0 Å². The molecule has 0 unspecified atom stereocenters. The van der Waals surface area contributed by atoms with Crippen LogP contribution in [0.3, 0.4) is 0 Å². The van der Waals surface area contributed by atoms with Crippen molar-refractivity contribution in [3.8, 4) is 0 Å². The van der Waals surface area contributed by atoms with Gasteiger partial charge < -0.3 is 0 Å². The van der Waals surface area contributed by atoms with Gasteiger partial charge in [-0.3, -0.25) is 14.5 Å². The molecule has 2 amide bonds. The molecular formula is C19H16BrNO2S. The van der Waals surface area contributed by atoms with E-state index in [9.17, 15) is 9.59 Å². The molecule has 1 heterocycles. The van der Waals surface area contributed by atoms with Crippen molar-refractivity contribution in [2.45, 2.75) is 19.9 Å². The lowest BCUT2D eigenvalue weighted by molar-refractivity contribution is -0.123. The van der Waals surface area contributed by atoms with E-state index in [1.165, 1.54) is 10.5 Å². The first-order valence-electron chi connectivity index (χ1n) is 7.66. The largest absolute Gasteiger partial charge is 0.293 e. The first-order valence-corrected chi connectivity index (χ1v) is 9.27. The van der Waals surface area contributed by atoms with E-state index in [0.29, 0.717) is 4.91 Å². The van der Waals surface area contributed by atoms with Crippen molar-refractivity contribution in [2.75, 3.05) is 0 Å². The van der Waals surface area contributed by atoms with Crippen LogP contribution in [-0.2, 0) is 17.8 Å². The van der Waals surface area contributed by atoms with Gasteiger partial charge in [0.1, 0.15) is 0 Å². The molecule has 24 heavy (non-hydrogen) atoms. The lowest BCUT2D eigenvalue weighted by Crippen LogP contribution is -2.27. The number of benzene rings is 2. The molecule has 5 heteroatoms. The van der Waals surface area contributed by atoms with E-state index in [1.54, 1.807) is 6.08 Å². The van der Waals surface area contributed by atoms with Gasteiger partial charge in [0.15, 0.2) is 0 Å². The minimum atomic E-state index is -0.236. The van der Waals surface area contributed by atoms with Gasteiger partial charge in [0.05, 0.1) is 11.4 Å². The van der Waals surface area contributed by atoms with Gasteiger partial charge in [-0.05, 0) is 47.0 Å². The molecule has 0 bridgehead atoms. The Morgan fingerprint density at radius 3 is 2.46 bits per heavy atom. The van der Waals surface area contributed by atoms with Crippen molar-refractivity contribution in [2.24, 2.45) is 0 Å². The lowest BCUT2D eigenvalue weighted by atomic mass is 10.1. The molecule has 0 saturated carbocycles. The van der Waals surface area contributed by atoms with Gasteiger partial charge in [0.2, 0.25) is 0 Å². The Bertz CT molecular complexity index is 814. The van der Waals surface area contributed by atoms with Gasteiger partial charge in [-0.25, -0.2) is 0 Å². The highest BCUT2D eigenvalue weighted by Gasteiger charge is 2.35. The average molecular weight is 402 g/mol. The molecule has 1 saturated heterocycles. The van der Waals surface area contributed by atoms with Crippen molar-refractivity contribution in [1.82, 2.24) is 4.90 Å². The molecule has 1 aliphatic rings. The number of carbonyl (C=O) groups is 2. The van der Waals surface area contributed by atoms with Crippen LogP contribution in [0.25, 0.3) is 6.08 Å². The Morgan fingerprint density at radius 2 is 1.79 bits per heavy atom. The quantitative estimate of drug-likeness (QED) is 0.656. The summed E-state index contributed by atoms with van der Waals surface area (Å²) in [6.45, 7) is 2.38. The second-order valence-electron chi connectivity index (χ2n) is 5.45. The highest BCUT2D eigenvalue weighted by atomic mass is 79.9. The van der Waals surface area contributed by atoms with Gasteiger partial charge in [-0.2, -0.15) is 0 Å². The van der Waals surface area contributed by atoms with Crippen molar-refractivity contribution in [3.05, 3.63) is 74.6 Å². The molecule has 2 aromatic rings. The lowest BCUT2D eigenvalue weighted by Gasteiger charge is -2.13. The zero-order valence-corrected chi connectivity index (χ0v) is 15.6. The molecule has 3 rings (SSSR count). The maximum absolute atomic E-state index is 12.6. The molecule has 2 aromatic carbocycles. The summed E-state index contributed by atoms with van der Waals surface area (Å²) in [7, 11) is 0. The number of nitrogens with zero attached hydrogens (tertiary/aromatic N) is 1. The second kappa shape index (κ2) is 7.36. The number of carbonyl (C=O) groups excluding carboxylic acids is 2. The highest BCUT2D eigenvalue weighted by Crippen LogP contribution is 2.34. The summed E-state index contributed by atoms with van der Waals surface area (Å²) in [6.07, 6.45) is 2.76. The number of hydrogen-bond acceptors (Lipinski definition) is 3. The molecule has 0 spiro atoms. The summed E-state index contributed by atoms with van der Waals surface area (Å²) < 4.78 is 0.892. The Morgan fingerprint density at radius 1 is 1.08 bits per heavy atom. The van der Waals surface area contributed by atoms with Gasteiger partial charge in [0.25, 0.3) is 11.1 Å². The second-order valence-corrected chi connectivity index (χ2v) is 7.30. The summed E-state index contributed by atoms with van der Waals surface area (Å²) >= 11 is 4.45. The maximum Gasteiger partial charge on any atom is 0.293 e. The number of amides is 2. The number of rotatable bonds is 4. The number of imide groups is 1. The van der Waals surface area contributed by atoms with Crippen LogP contribution in [0.4, 0.5) is 4.79 Å². The fraction of sp³-hybridized carbons (Fsp3) is 0.158. The molecule has 1 aliphatic heterocycles. The van der Waals surface area contributed by atoms with Crippen LogP contribution in [0, 0.1) is 0 Å². The van der Waals surface area contributed by atoms with E-state index < -0.39 is 0 Å². The molecule has 0 radical (unpaired) electrons. The highest BCUT2D eigenvalue weighted by molar-refractivity contribution is 9.10. The molecule has 0 N–H and O–H groups in total. The van der Waals surface area contributed by atoms with Gasteiger partial charge >= 0.3 is 0 Å². The molecule has 1 fully saturated rings. The summed E-state index contributed by atoms with van der Waals surface area (Å²) in [5.41, 5.74) is 3.08. The van der Waals surface area contributed by atoms with Crippen molar-refractivity contribution >= 4 is 44.9 Å². The third kappa shape index (κ3) is 3.62. The summed E-state index contributed by atoms with van der Waals surface area (Å²) in [5, 5.41) is -0.229. The zero-order valence-electron chi connectivity index (χ0n) is 13.2.